The predicted molar refractivity (Wildman–Crippen MR) is 73.7 cm³/mol. The van der Waals surface area contributed by atoms with Gasteiger partial charge in [0, 0.05) is 11.4 Å². The number of aromatic nitrogens is 1. The lowest BCUT2D eigenvalue weighted by Crippen LogP contribution is -2.09. The second-order valence-electron chi connectivity index (χ2n) is 5.49. The molecular formula is C16H25N. The summed E-state index contributed by atoms with van der Waals surface area (Å²) in [6.07, 6.45) is 7.29. The molecule has 1 aromatic rings. The van der Waals surface area contributed by atoms with E-state index in [1.54, 1.807) is 16.7 Å². The van der Waals surface area contributed by atoms with Crippen LogP contribution in [0.4, 0.5) is 0 Å². The minimum atomic E-state index is 0.650. The summed E-state index contributed by atoms with van der Waals surface area (Å²) >= 11 is 0. The molecule has 0 unspecified atom stereocenters. The Morgan fingerprint density at radius 2 is 1.94 bits per heavy atom. The molecular weight excluding hydrogens is 206 g/mol. The lowest BCUT2D eigenvalue weighted by molar-refractivity contribution is 0.777. The highest BCUT2D eigenvalue weighted by Gasteiger charge is 2.23. The Bertz CT molecular complexity index is 404. The van der Waals surface area contributed by atoms with Crippen LogP contribution in [0.15, 0.2) is 0 Å². The van der Waals surface area contributed by atoms with Gasteiger partial charge in [-0.1, -0.05) is 34.1 Å². The highest BCUT2D eigenvalue weighted by Crippen LogP contribution is 2.33. The monoisotopic (exact) mass is 231 g/mol. The van der Waals surface area contributed by atoms with Gasteiger partial charge in [-0.2, -0.15) is 0 Å². The molecule has 1 aromatic heterocycles. The Morgan fingerprint density at radius 3 is 2.53 bits per heavy atom. The van der Waals surface area contributed by atoms with Gasteiger partial charge in [-0.3, -0.25) is 4.98 Å². The molecule has 1 heterocycles. The second kappa shape index (κ2) is 5.20. The maximum Gasteiger partial charge on any atom is 0.0442 e. The third-order valence-corrected chi connectivity index (χ3v) is 3.87. The highest BCUT2D eigenvalue weighted by atomic mass is 14.7. The van der Waals surface area contributed by atoms with Gasteiger partial charge >= 0.3 is 0 Å². The molecule has 0 aliphatic heterocycles. The van der Waals surface area contributed by atoms with Crippen LogP contribution in [0.5, 0.6) is 0 Å². The van der Waals surface area contributed by atoms with Crippen molar-refractivity contribution in [2.75, 3.05) is 0 Å². The van der Waals surface area contributed by atoms with Gasteiger partial charge in [0.2, 0.25) is 0 Å². The Hall–Kier alpha value is -0.850. The van der Waals surface area contributed by atoms with Crippen molar-refractivity contribution in [3.8, 4) is 0 Å². The van der Waals surface area contributed by atoms with E-state index in [4.69, 9.17) is 4.98 Å². The third kappa shape index (κ3) is 2.25. The molecule has 1 nitrogen and oxygen atoms in total. The third-order valence-electron chi connectivity index (χ3n) is 3.87. The zero-order chi connectivity index (χ0) is 12.4. The first-order valence-electron chi connectivity index (χ1n) is 7.22. The molecule has 0 radical (unpaired) electrons. The van der Waals surface area contributed by atoms with Gasteiger partial charge in [0.1, 0.15) is 0 Å². The van der Waals surface area contributed by atoms with E-state index in [1.165, 1.54) is 43.5 Å². The molecule has 0 N–H and O–H groups in total. The van der Waals surface area contributed by atoms with Crippen LogP contribution < -0.4 is 0 Å². The van der Waals surface area contributed by atoms with Crippen LogP contribution in [-0.4, -0.2) is 4.98 Å². The predicted octanol–water partition coefficient (Wildman–Crippen LogP) is 4.21. The lowest BCUT2D eigenvalue weighted by atomic mass is 9.88. The Morgan fingerprint density at radius 1 is 1.18 bits per heavy atom. The molecule has 0 spiro atoms. The zero-order valence-corrected chi connectivity index (χ0v) is 11.8. The summed E-state index contributed by atoms with van der Waals surface area (Å²) in [7, 11) is 0. The van der Waals surface area contributed by atoms with Gasteiger partial charge in [-0.05, 0) is 54.7 Å². The SMILES string of the molecule is CCCc1c(CC)nc2c(c1C(C)C)CCC2. The first-order chi connectivity index (χ1) is 8.19. The van der Waals surface area contributed by atoms with E-state index in [9.17, 15) is 0 Å². The van der Waals surface area contributed by atoms with E-state index in [1.807, 2.05) is 0 Å². The van der Waals surface area contributed by atoms with Crippen molar-refractivity contribution in [2.45, 2.75) is 72.1 Å². The van der Waals surface area contributed by atoms with Crippen molar-refractivity contribution >= 4 is 0 Å². The molecule has 0 saturated heterocycles. The molecule has 0 fully saturated rings. The van der Waals surface area contributed by atoms with Crippen LogP contribution in [-0.2, 0) is 25.7 Å². The normalized spacial score (nSPS) is 14.4. The number of hydrogen-bond acceptors (Lipinski definition) is 1. The van der Waals surface area contributed by atoms with Crippen LogP contribution in [0.25, 0.3) is 0 Å². The fourth-order valence-corrected chi connectivity index (χ4v) is 3.23. The van der Waals surface area contributed by atoms with E-state index >= 15 is 0 Å². The average molecular weight is 231 g/mol. The van der Waals surface area contributed by atoms with Crippen LogP contribution in [0, 0.1) is 0 Å². The minimum absolute atomic E-state index is 0.650. The maximum atomic E-state index is 4.93. The first kappa shape index (κ1) is 12.6. The molecule has 2 rings (SSSR count). The van der Waals surface area contributed by atoms with Gasteiger partial charge in [-0.25, -0.2) is 0 Å². The number of rotatable bonds is 4. The summed E-state index contributed by atoms with van der Waals surface area (Å²) in [6.45, 7) is 9.20. The van der Waals surface area contributed by atoms with Crippen molar-refractivity contribution in [1.29, 1.82) is 0 Å². The van der Waals surface area contributed by atoms with E-state index in [-0.39, 0.29) is 0 Å². The minimum Gasteiger partial charge on any atom is -0.257 e. The van der Waals surface area contributed by atoms with Crippen molar-refractivity contribution < 1.29 is 0 Å². The molecule has 0 atom stereocenters. The molecule has 1 aliphatic carbocycles. The zero-order valence-electron chi connectivity index (χ0n) is 11.8. The number of fused-ring (bicyclic) bond motifs is 1. The molecule has 1 aliphatic rings. The summed E-state index contributed by atoms with van der Waals surface area (Å²) in [6, 6.07) is 0. The Kier molecular flexibility index (Phi) is 3.86. The smallest absolute Gasteiger partial charge is 0.0442 e. The Balaban J connectivity index is 2.61. The van der Waals surface area contributed by atoms with Crippen molar-refractivity contribution in [2.24, 2.45) is 0 Å². The molecule has 0 bridgehead atoms. The van der Waals surface area contributed by atoms with Crippen LogP contribution >= 0.6 is 0 Å². The van der Waals surface area contributed by atoms with Crippen molar-refractivity contribution in [3.63, 3.8) is 0 Å². The fourth-order valence-electron chi connectivity index (χ4n) is 3.23. The largest absolute Gasteiger partial charge is 0.257 e. The van der Waals surface area contributed by atoms with Gasteiger partial charge < -0.3 is 0 Å². The summed E-state index contributed by atoms with van der Waals surface area (Å²) in [5.41, 5.74) is 7.60. The first-order valence-corrected chi connectivity index (χ1v) is 7.22. The number of hydrogen-bond donors (Lipinski definition) is 0. The van der Waals surface area contributed by atoms with E-state index < -0.39 is 0 Å². The maximum absolute atomic E-state index is 4.93. The van der Waals surface area contributed by atoms with E-state index in [0.717, 1.165) is 6.42 Å². The molecule has 0 aromatic carbocycles. The fraction of sp³-hybridized carbons (Fsp3) is 0.688. The Labute approximate surface area is 106 Å². The quantitative estimate of drug-likeness (QED) is 0.756. The number of aryl methyl sites for hydroxylation is 2. The van der Waals surface area contributed by atoms with Crippen molar-refractivity contribution in [1.82, 2.24) is 4.98 Å². The highest BCUT2D eigenvalue weighted by molar-refractivity contribution is 5.44. The van der Waals surface area contributed by atoms with Gasteiger partial charge in [0.25, 0.3) is 0 Å². The van der Waals surface area contributed by atoms with Crippen LogP contribution in [0.3, 0.4) is 0 Å². The second-order valence-corrected chi connectivity index (χ2v) is 5.49. The van der Waals surface area contributed by atoms with E-state index in [0.29, 0.717) is 5.92 Å². The summed E-state index contributed by atoms with van der Waals surface area (Å²) in [4.78, 5) is 4.93. The summed E-state index contributed by atoms with van der Waals surface area (Å²) < 4.78 is 0. The molecule has 17 heavy (non-hydrogen) atoms. The van der Waals surface area contributed by atoms with Crippen LogP contribution in [0.2, 0.25) is 0 Å². The lowest BCUT2D eigenvalue weighted by Gasteiger charge is -2.20. The standard InChI is InChI=1S/C16H25N/c1-5-8-12-14(6-2)17-15-10-7-9-13(15)16(12)11(3)4/h11H,5-10H2,1-4H3. The van der Waals surface area contributed by atoms with Crippen LogP contribution in [0.1, 0.15) is 74.5 Å². The molecule has 0 amide bonds. The van der Waals surface area contributed by atoms with Gasteiger partial charge in [0.15, 0.2) is 0 Å². The summed E-state index contributed by atoms with van der Waals surface area (Å²) in [5, 5.41) is 0. The van der Waals surface area contributed by atoms with Gasteiger partial charge in [0.05, 0.1) is 0 Å². The van der Waals surface area contributed by atoms with Gasteiger partial charge in [-0.15, -0.1) is 0 Å². The van der Waals surface area contributed by atoms with Crippen molar-refractivity contribution in [3.05, 3.63) is 28.1 Å². The van der Waals surface area contributed by atoms with E-state index in [2.05, 4.69) is 27.7 Å². The molecule has 1 heteroatoms. The average Bonchev–Trinajstić information content (AvgIpc) is 2.75. The number of pyridine rings is 1. The number of nitrogens with zero attached hydrogens (tertiary/aromatic N) is 1. The topological polar surface area (TPSA) is 12.9 Å². The summed E-state index contributed by atoms with van der Waals surface area (Å²) in [5.74, 6) is 0.650. The molecule has 94 valence electrons. The molecule has 0 saturated carbocycles.